The van der Waals surface area contributed by atoms with Crippen molar-refractivity contribution in [2.45, 2.75) is 17.9 Å². The Morgan fingerprint density at radius 2 is 2.27 bits per heavy atom. The Morgan fingerprint density at radius 3 is 2.86 bits per heavy atom. The Bertz CT molecular complexity index is 670. The van der Waals surface area contributed by atoms with Gasteiger partial charge >= 0.3 is 6.61 Å². The fourth-order valence-electron chi connectivity index (χ4n) is 1.43. The summed E-state index contributed by atoms with van der Waals surface area (Å²) in [6.45, 7) is -1.13. The van der Waals surface area contributed by atoms with Gasteiger partial charge in [0.2, 0.25) is 5.91 Å². The number of hydrogen-bond donors (Lipinski definition) is 1. The van der Waals surface area contributed by atoms with Gasteiger partial charge in [0.15, 0.2) is 4.34 Å². The first kappa shape index (κ1) is 16.9. The second-order valence-electron chi connectivity index (χ2n) is 3.95. The molecule has 10 heteroatoms. The van der Waals surface area contributed by atoms with Gasteiger partial charge in [-0.2, -0.15) is 8.78 Å². The van der Waals surface area contributed by atoms with E-state index in [9.17, 15) is 13.6 Å². The summed E-state index contributed by atoms with van der Waals surface area (Å²) in [5.74, 6) is -0.258. The molecule has 2 aromatic rings. The number of aryl methyl sites for hydroxylation is 1. The number of aromatic nitrogens is 2. The van der Waals surface area contributed by atoms with Crippen LogP contribution in [-0.4, -0.2) is 28.5 Å². The molecule has 1 amide bonds. The van der Waals surface area contributed by atoms with Crippen LogP contribution in [0.25, 0.3) is 0 Å². The largest absolute Gasteiger partial charge is 0.433 e. The van der Waals surface area contributed by atoms with E-state index in [1.165, 1.54) is 41.3 Å². The topological polar surface area (TPSA) is 64.1 Å². The van der Waals surface area contributed by atoms with Crippen molar-refractivity contribution in [3.63, 3.8) is 0 Å². The molecule has 1 aromatic heterocycles. The van der Waals surface area contributed by atoms with E-state index in [-0.39, 0.29) is 22.4 Å². The van der Waals surface area contributed by atoms with Crippen LogP contribution in [0.15, 0.2) is 22.5 Å². The molecular weight excluding hydrogens is 356 g/mol. The lowest BCUT2D eigenvalue weighted by atomic mass is 10.3. The highest BCUT2D eigenvalue weighted by Gasteiger charge is 2.11. The van der Waals surface area contributed by atoms with Gasteiger partial charge in [-0.25, -0.2) is 0 Å². The molecule has 2 rings (SSSR count). The van der Waals surface area contributed by atoms with Crippen molar-refractivity contribution >= 4 is 46.3 Å². The third-order valence-corrected chi connectivity index (χ3v) is 4.53. The number of halogens is 3. The zero-order valence-corrected chi connectivity index (χ0v) is 13.6. The highest BCUT2D eigenvalue weighted by molar-refractivity contribution is 8.01. The molecule has 1 aromatic carbocycles. The second-order valence-corrected chi connectivity index (χ2v) is 6.76. The monoisotopic (exact) mass is 365 g/mol. The number of alkyl halides is 2. The zero-order valence-electron chi connectivity index (χ0n) is 11.2. The average Bonchev–Trinajstić information content (AvgIpc) is 2.85. The normalized spacial score (nSPS) is 10.8. The second kappa shape index (κ2) is 7.70. The van der Waals surface area contributed by atoms with Crippen LogP contribution in [0.4, 0.5) is 14.5 Å². The Labute approximate surface area is 138 Å². The SMILES string of the molecule is Cc1nnc(SCC(=O)Nc2ccc(OC(F)F)c(Cl)c2)s1. The molecule has 0 aliphatic rings. The Kier molecular flexibility index (Phi) is 5.92. The average molecular weight is 366 g/mol. The number of thioether (sulfide) groups is 1. The third-order valence-electron chi connectivity index (χ3n) is 2.27. The van der Waals surface area contributed by atoms with E-state index in [0.717, 1.165) is 5.01 Å². The minimum atomic E-state index is -2.95. The quantitative estimate of drug-likeness (QED) is 0.788. The smallest absolute Gasteiger partial charge is 0.387 e. The molecule has 0 aliphatic carbocycles. The van der Waals surface area contributed by atoms with Gasteiger partial charge in [0.25, 0.3) is 0 Å². The summed E-state index contributed by atoms with van der Waals surface area (Å²) in [5, 5.41) is 11.2. The maximum atomic E-state index is 12.1. The van der Waals surface area contributed by atoms with Gasteiger partial charge in [0.1, 0.15) is 10.8 Å². The van der Waals surface area contributed by atoms with Crippen molar-refractivity contribution in [3.05, 3.63) is 28.2 Å². The van der Waals surface area contributed by atoms with Crippen molar-refractivity contribution in [1.82, 2.24) is 10.2 Å². The summed E-state index contributed by atoms with van der Waals surface area (Å²) < 4.78 is 29.1. The molecule has 0 aliphatic heterocycles. The number of nitrogens with zero attached hydrogens (tertiary/aromatic N) is 2. The predicted octanol–water partition coefficient (Wildman–Crippen LogP) is 3.83. The maximum absolute atomic E-state index is 12.1. The van der Waals surface area contributed by atoms with E-state index in [4.69, 9.17) is 11.6 Å². The summed E-state index contributed by atoms with van der Waals surface area (Å²) in [6, 6.07) is 4.05. The lowest BCUT2D eigenvalue weighted by Crippen LogP contribution is -2.14. The van der Waals surface area contributed by atoms with Crippen LogP contribution in [0.5, 0.6) is 5.75 Å². The first-order valence-electron chi connectivity index (χ1n) is 5.91. The summed E-state index contributed by atoms with van der Waals surface area (Å²) >= 11 is 8.46. The highest BCUT2D eigenvalue weighted by Crippen LogP contribution is 2.29. The van der Waals surface area contributed by atoms with Gasteiger partial charge in [0, 0.05) is 5.69 Å². The number of benzene rings is 1. The number of hydrogen-bond acceptors (Lipinski definition) is 6. The highest BCUT2D eigenvalue weighted by atomic mass is 35.5. The molecule has 1 N–H and O–H groups in total. The summed E-state index contributed by atoms with van der Waals surface area (Å²) in [4.78, 5) is 11.8. The van der Waals surface area contributed by atoms with Crippen molar-refractivity contribution in [2.24, 2.45) is 0 Å². The number of rotatable bonds is 6. The number of nitrogens with one attached hydrogen (secondary N) is 1. The van der Waals surface area contributed by atoms with E-state index in [1.807, 2.05) is 6.92 Å². The van der Waals surface area contributed by atoms with Crippen LogP contribution in [-0.2, 0) is 4.79 Å². The number of anilines is 1. The van der Waals surface area contributed by atoms with Gasteiger partial charge in [-0.3, -0.25) is 4.79 Å². The molecule has 0 bridgehead atoms. The molecular formula is C12H10ClF2N3O2S2. The van der Waals surface area contributed by atoms with Gasteiger partial charge in [-0.05, 0) is 25.1 Å². The van der Waals surface area contributed by atoms with Crippen LogP contribution < -0.4 is 10.1 Å². The van der Waals surface area contributed by atoms with Crippen LogP contribution in [0, 0.1) is 6.92 Å². The van der Waals surface area contributed by atoms with E-state index in [0.29, 0.717) is 10.0 Å². The van der Waals surface area contributed by atoms with Crippen molar-refractivity contribution in [1.29, 1.82) is 0 Å². The fourth-order valence-corrected chi connectivity index (χ4v) is 3.27. The minimum absolute atomic E-state index is 0.00880. The van der Waals surface area contributed by atoms with Crippen LogP contribution in [0.3, 0.4) is 0 Å². The van der Waals surface area contributed by atoms with E-state index >= 15 is 0 Å². The molecule has 118 valence electrons. The van der Waals surface area contributed by atoms with Crippen LogP contribution >= 0.6 is 34.7 Å². The predicted molar refractivity (Wildman–Crippen MR) is 82.1 cm³/mol. The van der Waals surface area contributed by atoms with Crippen molar-refractivity contribution in [3.8, 4) is 5.75 Å². The minimum Gasteiger partial charge on any atom is -0.433 e. The molecule has 0 fully saturated rings. The molecule has 1 heterocycles. The van der Waals surface area contributed by atoms with Gasteiger partial charge in [-0.1, -0.05) is 34.7 Å². The summed E-state index contributed by atoms with van der Waals surface area (Å²) in [5.41, 5.74) is 0.394. The number of carbonyl (C=O) groups excluding carboxylic acids is 1. The molecule has 0 atom stereocenters. The summed E-state index contributed by atoms with van der Waals surface area (Å²) in [6.07, 6.45) is 0. The molecule has 0 saturated carbocycles. The maximum Gasteiger partial charge on any atom is 0.387 e. The van der Waals surface area contributed by atoms with Gasteiger partial charge in [-0.15, -0.1) is 10.2 Å². The summed E-state index contributed by atoms with van der Waals surface area (Å²) in [7, 11) is 0. The third kappa shape index (κ3) is 5.08. The lowest BCUT2D eigenvalue weighted by molar-refractivity contribution is -0.113. The fraction of sp³-hybridized carbons (Fsp3) is 0.250. The standard InChI is InChI=1S/C12H10ClF2N3O2S2/c1-6-17-18-12(22-6)21-5-10(19)16-7-2-3-9(8(13)4-7)20-11(14)15/h2-4,11H,5H2,1H3,(H,16,19). The van der Waals surface area contributed by atoms with Crippen molar-refractivity contribution < 1.29 is 18.3 Å². The number of ether oxygens (including phenoxy) is 1. The number of carbonyl (C=O) groups is 1. The molecule has 22 heavy (non-hydrogen) atoms. The zero-order chi connectivity index (χ0) is 16.1. The van der Waals surface area contributed by atoms with E-state index in [1.54, 1.807) is 0 Å². The van der Waals surface area contributed by atoms with E-state index in [2.05, 4.69) is 20.3 Å². The molecule has 0 unspecified atom stereocenters. The lowest BCUT2D eigenvalue weighted by Gasteiger charge is -2.09. The van der Waals surface area contributed by atoms with Crippen LogP contribution in [0.2, 0.25) is 5.02 Å². The first-order chi connectivity index (χ1) is 10.4. The van der Waals surface area contributed by atoms with Crippen molar-refractivity contribution in [2.75, 3.05) is 11.1 Å². The molecule has 0 radical (unpaired) electrons. The van der Waals surface area contributed by atoms with Gasteiger partial charge < -0.3 is 10.1 Å². The molecule has 5 nitrogen and oxygen atoms in total. The Hall–Kier alpha value is -1.45. The van der Waals surface area contributed by atoms with Crippen LogP contribution in [0.1, 0.15) is 5.01 Å². The first-order valence-corrected chi connectivity index (χ1v) is 8.09. The van der Waals surface area contributed by atoms with E-state index < -0.39 is 6.61 Å². The number of amides is 1. The van der Waals surface area contributed by atoms with Gasteiger partial charge in [0.05, 0.1) is 10.8 Å². The Morgan fingerprint density at radius 1 is 1.50 bits per heavy atom. The molecule has 0 spiro atoms. The Balaban J connectivity index is 1.89. The molecule has 0 saturated heterocycles.